The number of methoxy groups -OCH3 is 1. The van der Waals surface area contributed by atoms with Crippen molar-refractivity contribution < 1.29 is 13.9 Å². The fourth-order valence-corrected chi connectivity index (χ4v) is 3.04. The van der Waals surface area contributed by atoms with Crippen molar-refractivity contribution in [3.8, 4) is 17.0 Å². The average molecular weight is 366 g/mol. The van der Waals surface area contributed by atoms with Crippen molar-refractivity contribution in [3.05, 3.63) is 36.4 Å². The summed E-state index contributed by atoms with van der Waals surface area (Å²) >= 11 is 0. The summed E-state index contributed by atoms with van der Waals surface area (Å²) in [6.07, 6.45) is 5.04. The molecule has 2 N–H and O–H groups in total. The Morgan fingerprint density at radius 2 is 2.26 bits per heavy atom. The second-order valence-corrected chi connectivity index (χ2v) is 6.51. The number of hydrogen-bond donors (Lipinski definition) is 2. The van der Waals surface area contributed by atoms with Crippen LogP contribution in [0.5, 0.6) is 5.75 Å². The quantitative estimate of drug-likeness (QED) is 0.579. The van der Waals surface area contributed by atoms with Gasteiger partial charge in [0.1, 0.15) is 11.4 Å². The van der Waals surface area contributed by atoms with Crippen LogP contribution < -0.4 is 10.1 Å². The van der Waals surface area contributed by atoms with Crippen molar-refractivity contribution in [1.82, 2.24) is 24.8 Å². The molecular formula is C18H15FN6O2. The number of amides is 1. The summed E-state index contributed by atoms with van der Waals surface area (Å²) in [4.78, 5) is 16.3. The van der Waals surface area contributed by atoms with Gasteiger partial charge >= 0.3 is 0 Å². The van der Waals surface area contributed by atoms with Gasteiger partial charge in [0.15, 0.2) is 17.3 Å². The number of aromatic amines is 1. The van der Waals surface area contributed by atoms with E-state index in [0.29, 0.717) is 33.7 Å². The molecule has 1 saturated carbocycles. The molecule has 1 aliphatic carbocycles. The van der Waals surface area contributed by atoms with Gasteiger partial charge in [-0.15, -0.1) is 0 Å². The van der Waals surface area contributed by atoms with E-state index in [0.717, 1.165) is 12.8 Å². The molecule has 0 aliphatic heterocycles. The van der Waals surface area contributed by atoms with Crippen molar-refractivity contribution >= 4 is 28.3 Å². The first-order valence-electron chi connectivity index (χ1n) is 8.51. The smallest absolute Gasteiger partial charge is 0.228 e. The maximum absolute atomic E-state index is 14.9. The van der Waals surface area contributed by atoms with Crippen molar-refractivity contribution in [2.45, 2.75) is 12.8 Å². The second-order valence-electron chi connectivity index (χ2n) is 6.51. The van der Waals surface area contributed by atoms with Crippen LogP contribution in [0.25, 0.3) is 27.8 Å². The summed E-state index contributed by atoms with van der Waals surface area (Å²) in [5, 5.41) is 14.2. The summed E-state index contributed by atoms with van der Waals surface area (Å²) in [7, 11) is 1.56. The first kappa shape index (κ1) is 15.7. The maximum Gasteiger partial charge on any atom is 0.228 e. The number of H-pyrrole nitrogens is 1. The molecule has 4 aromatic rings. The predicted octanol–water partition coefficient (Wildman–Crippen LogP) is 2.77. The number of fused-ring (bicyclic) bond motifs is 2. The van der Waals surface area contributed by atoms with E-state index < -0.39 is 5.82 Å². The van der Waals surface area contributed by atoms with Gasteiger partial charge in [-0.05, 0) is 25.0 Å². The summed E-state index contributed by atoms with van der Waals surface area (Å²) in [6, 6.07) is 4.86. The molecule has 1 fully saturated rings. The van der Waals surface area contributed by atoms with Crippen LogP contribution in [0.1, 0.15) is 12.8 Å². The maximum atomic E-state index is 14.9. The van der Waals surface area contributed by atoms with E-state index in [4.69, 9.17) is 4.74 Å². The third kappa shape index (κ3) is 2.59. The number of anilines is 1. The Morgan fingerprint density at radius 3 is 3.04 bits per heavy atom. The molecule has 1 aliphatic rings. The van der Waals surface area contributed by atoms with Gasteiger partial charge in [0.05, 0.1) is 24.2 Å². The fraction of sp³-hybridized carbons (Fsp3) is 0.222. The Hall–Kier alpha value is -3.49. The molecular weight excluding hydrogens is 351 g/mol. The number of carbonyl (C=O) groups excluding carboxylic acids is 1. The first-order valence-corrected chi connectivity index (χ1v) is 8.51. The summed E-state index contributed by atoms with van der Waals surface area (Å²) in [5.74, 6) is 0.340. The second kappa shape index (κ2) is 5.76. The predicted molar refractivity (Wildman–Crippen MR) is 95.9 cm³/mol. The highest BCUT2D eigenvalue weighted by atomic mass is 19.1. The number of nitrogens with zero attached hydrogens (tertiary/aromatic N) is 4. The Balaban J connectivity index is 1.60. The van der Waals surface area contributed by atoms with Crippen molar-refractivity contribution in [2.24, 2.45) is 5.92 Å². The Bertz CT molecular complexity index is 1190. The monoisotopic (exact) mass is 366 g/mol. The van der Waals surface area contributed by atoms with Crippen LogP contribution in [-0.4, -0.2) is 37.8 Å². The third-order valence-corrected chi connectivity index (χ3v) is 4.68. The minimum Gasteiger partial charge on any atom is -0.497 e. The molecule has 0 unspecified atom stereocenters. The topological polar surface area (TPSA) is 97.2 Å². The number of hydrogen-bond acceptors (Lipinski definition) is 5. The van der Waals surface area contributed by atoms with Crippen LogP contribution in [0, 0.1) is 11.7 Å². The molecule has 0 saturated heterocycles. The lowest BCUT2D eigenvalue weighted by Gasteiger charge is -2.04. The van der Waals surface area contributed by atoms with E-state index in [1.54, 1.807) is 36.2 Å². The largest absolute Gasteiger partial charge is 0.497 e. The van der Waals surface area contributed by atoms with Crippen LogP contribution in [0.3, 0.4) is 0 Å². The number of rotatable bonds is 4. The molecule has 27 heavy (non-hydrogen) atoms. The molecule has 4 heterocycles. The van der Waals surface area contributed by atoms with Crippen molar-refractivity contribution in [3.63, 3.8) is 0 Å². The minimum atomic E-state index is -0.524. The highest BCUT2D eigenvalue weighted by molar-refractivity contribution is 6.01. The molecule has 0 atom stereocenters. The van der Waals surface area contributed by atoms with Crippen LogP contribution in [0.4, 0.5) is 10.2 Å². The number of aromatic nitrogens is 5. The van der Waals surface area contributed by atoms with Gasteiger partial charge in [0.2, 0.25) is 5.91 Å². The highest BCUT2D eigenvalue weighted by Crippen LogP contribution is 2.33. The Kier molecular flexibility index (Phi) is 3.36. The number of carbonyl (C=O) groups is 1. The molecule has 5 rings (SSSR count). The molecule has 4 aromatic heterocycles. The van der Waals surface area contributed by atoms with Gasteiger partial charge in [-0.25, -0.2) is 13.9 Å². The lowest BCUT2D eigenvalue weighted by Crippen LogP contribution is -2.13. The van der Waals surface area contributed by atoms with E-state index in [2.05, 4.69) is 25.6 Å². The van der Waals surface area contributed by atoms with Gasteiger partial charge < -0.3 is 10.1 Å². The lowest BCUT2D eigenvalue weighted by molar-refractivity contribution is -0.117. The fourth-order valence-electron chi connectivity index (χ4n) is 3.04. The van der Waals surface area contributed by atoms with Gasteiger partial charge in [-0.2, -0.15) is 10.2 Å². The normalized spacial score (nSPS) is 14.0. The first-order chi connectivity index (χ1) is 13.1. The van der Waals surface area contributed by atoms with Crippen LogP contribution >= 0.6 is 0 Å². The van der Waals surface area contributed by atoms with E-state index in [-0.39, 0.29) is 17.5 Å². The van der Waals surface area contributed by atoms with Crippen LogP contribution in [0.2, 0.25) is 0 Å². The molecule has 136 valence electrons. The average Bonchev–Trinajstić information content (AvgIpc) is 3.35. The highest BCUT2D eigenvalue weighted by Gasteiger charge is 2.30. The molecule has 0 bridgehead atoms. The number of ether oxygens (including phenoxy) is 1. The summed E-state index contributed by atoms with van der Waals surface area (Å²) in [5.41, 5.74) is 1.74. The zero-order chi connectivity index (χ0) is 18.5. The lowest BCUT2D eigenvalue weighted by atomic mass is 10.1. The molecule has 1 amide bonds. The SMILES string of the molecule is COc1ccn2ncc(-c3nc4[nH]nc(NC(=O)C5CC5)c4cc3F)c2c1. The molecule has 0 aromatic carbocycles. The summed E-state index contributed by atoms with van der Waals surface area (Å²) < 4.78 is 21.7. The van der Waals surface area contributed by atoms with Crippen LogP contribution in [-0.2, 0) is 4.79 Å². The zero-order valence-corrected chi connectivity index (χ0v) is 14.4. The zero-order valence-electron chi connectivity index (χ0n) is 14.4. The van der Waals surface area contributed by atoms with Crippen molar-refractivity contribution in [2.75, 3.05) is 12.4 Å². The molecule has 9 heteroatoms. The molecule has 0 radical (unpaired) electrons. The van der Waals surface area contributed by atoms with Crippen molar-refractivity contribution in [1.29, 1.82) is 0 Å². The minimum absolute atomic E-state index is 0.0302. The van der Waals surface area contributed by atoms with Gasteiger partial charge in [0, 0.05) is 23.7 Å². The van der Waals surface area contributed by atoms with Crippen LogP contribution in [0.15, 0.2) is 30.6 Å². The summed E-state index contributed by atoms with van der Waals surface area (Å²) in [6.45, 7) is 0. The van der Waals surface area contributed by atoms with Gasteiger partial charge in [-0.1, -0.05) is 0 Å². The van der Waals surface area contributed by atoms with E-state index >= 15 is 0 Å². The van der Waals surface area contributed by atoms with E-state index in [9.17, 15) is 9.18 Å². The number of halogens is 1. The number of nitrogens with one attached hydrogen (secondary N) is 2. The standard InChI is InChI=1S/C18H15FN6O2/c1-27-10-4-5-25-14(6-10)12(8-20-25)15-13(19)7-11-16(21-15)23-24-17(11)22-18(26)9-2-3-9/h4-9H,2-3H2,1H3,(H2,21,22,23,24,26). The molecule has 0 spiro atoms. The Labute approximate surface area is 152 Å². The van der Waals surface area contributed by atoms with E-state index in [1.807, 2.05) is 0 Å². The molecule has 8 nitrogen and oxygen atoms in total. The third-order valence-electron chi connectivity index (χ3n) is 4.68. The number of pyridine rings is 2. The Morgan fingerprint density at radius 1 is 1.41 bits per heavy atom. The van der Waals surface area contributed by atoms with Gasteiger partial charge in [-0.3, -0.25) is 9.89 Å². The van der Waals surface area contributed by atoms with Gasteiger partial charge in [0.25, 0.3) is 0 Å². The van der Waals surface area contributed by atoms with E-state index in [1.165, 1.54) is 6.07 Å².